The summed E-state index contributed by atoms with van der Waals surface area (Å²) in [5, 5.41) is 3.50. The monoisotopic (exact) mass is 311 g/mol. The fraction of sp³-hybridized carbons (Fsp3) is 0.600. The first-order chi connectivity index (χ1) is 8.76. The predicted molar refractivity (Wildman–Crippen MR) is 79.1 cm³/mol. The summed E-state index contributed by atoms with van der Waals surface area (Å²) in [7, 11) is 3.77. The quantitative estimate of drug-likeness (QED) is 0.895. The van der Waals surface area contributed by atoms with E-state index in [-0.39, 0.29) is 0 Å². The minimum Gasteiger partial charge on any atom is -0.497 e. The van der Waals surface area contributed by atoms with Gasteiger partial charge in [-0.25, -0.2) is 0 Å². The molecule has 2 nitrogen and oxygen atoms in total. The van der Waals surface area contributed by atoms with E-state index in [1.807, 2.05) is 6.07 Å². The molecular formula is C15H22BrNO. The van der Waals surface area contributed by atoms with Crippen LogP contribution in [0.3, 0.4) is 0 Å². The smallest absolute Gasteiger partial charge is 0.120 e. The van der Waals surface area contributed by atoms with Crippen LogP contribution in [0.25, 0.3) is 0 Å². The Labute approximate surface area is 118 Å². The van der Waals surface area contributed by atoms with E-state index in [1.165, 1.54) is 37.7 Å². The van der Waals surface area contributed by atoms with Crippen LogP contribution < -0.4 is 10.1 Å². The van der Waals surface area contributed by atoms with Gasteiger partial charge in [0.25, 0.3) is 0 Å². The summed E-state index contributed by atoms with van der Waals surface area (Å²) in [6.45, 7) is 0. The molecule has 100 valence electrons. The van der Waals surface area contributed by atoms with Gasteiger partial charge in [0.1, 0.15) is 5.75 Å². The molecule has 2 rings (SSSR count). The summed E-state index contributed by atoms with van der Waals surface area (Å²) in [5.74, 6) is 1.66. The van der Waals surface area contributed by atoms with Gasteiger partial charge in [0.2, 0.25) is 0 Å². The highest BCUT2D eigenvalue weighted by atomic mass is 79.9. The van der Waals surface area contributed by atoms with E-state index in [9.17, 15) is 0 Å². The maximum Gasteiger partial charge on any atom is 0.120 e. The lowest BCUT2D eigenvalue weighted by Crippen LogP contribution is -2.27. The van der Waals surface area contributed by atoms with Gasteiger partial charge in [0, 0.05) is 10.5 Å². The highest BCUT2D eigenvalue weighted by molar-refractivity contribution is 9.10. The first kappa shape index (κ1) is 13.9. The molecule has 18 heavy (non-hydrogen) atoms. The largest absolute Gasteiger partial charge is 0.497 e. The van der Waals surface area contributed by atoms with Crippen molar-refractivity contribution in [3.8, 4) is 5.75 Å². The normalized spacial score (nSPS) is 18.6. The fourth-order valence-corrected chi connectivity index (χ4v) is 3.60. The van der Waals surface area contributed by atoms with Gasteiger partial charge in [0.15, 0.2) is 0 Å². The molecule has 3 heteroatoms. The topological polar surface area (TPSA) is 21.3 Å². The van der Waals surface area contributed by atoms with Gasteiger partial charge in [-0.3, -0.25) is 0 Å². The van der Waals surface area contributed by atoms with Crippen molar-refractivity contribution in [1.82, 2.24) is 5.32 Å². The number of hydrogen-bond donors (Lipinski definition) is 1. The highest BCUT2D eigenvalue weighted by Crippen LogP contribution is 2.37. The molecule has 1 unspecified atom stereocenters. The third kappa shape index (κ3) is 3.07. The lowest BCUT2D eigenvalue weighted by Gasteiger charge is -2.31. The van der Waals surface area contributed by atoms with Gasteiger partial charge < -0.3 is 10.1 Å². The zero-order chi connectivity index (χ0) is 13.0. The maximum atomic E-state index is 5.26. The molecule has 1 fully saturated rings. The minimum atomic E-state index is 0.450. The Morgan fingerprint density at radius 1 is 1.28 bits per heavy atom. The molecule has 0 saturated heterocycles. The molecule has 1 aromatic rings. The van der Waals surface area contributed by atoms with Gasteiger partial charge in [0.05, 0.1) is 7.11 Å². The lowest BCUT2D eigenvalue weighted by atomic mass is 9.81. The van der Waals surface area contributed by atoms with Crippen LogP contribution >= 0.6 is 15.9 Å². The Hall–Kier alpha value is -0.540. The Balaban J connectivity index is 2.20. The second kappa shape index (κ2) is 6.58. The molecule has 0 amide bonds. The van der Waals surface area contributed by atoms with E-state index < -0.39 is 0 Å². The van der Waals surface area contributed by atoms with Crippen molar-refractivity contribution in [2.45, 2.75) is 38.1 Å². The van der Waals surface area contributed by atoms with E-state index in [4.69, 9.17) is 4.74 Å². The molecule has 1 N–H and O–H groups in total. The SMILES string of the molecule is CNC(c1ccc(OC)cc1Br)C1CCCCC1. The van der Waals surface area contributed by atoms with Crippen LogP contribution in [0.2, 0.25) is 0 Å². The van der Waals surface area contributed by atoms with Gasteiger partial charge in [-0.2, -0.15) is 0 Å². The molecule has 0 radical (unpaired) electrons. The van der Waals surface area contributed by atoms with Gasteiger partial charge in [-0.15, -0.1) is 0 Å². The molecule has 1 atom stereocenters. The van der Waals surface area contributed by atoms with Crippen LogP contribution in [0.5, 0.6) is 5.75 Å². The molecule has 0 heterocycles. The number of hydrogen-bond acceptors (Lipinski definition) is 2. The van der Waals surface area contributed by atoms with Crippen LogP contribution in [0.4, 0.5) is 0 Å². The Morgan fingerprint density at radius 3 is 2.56 bits per heavy atom. The average Bonchev–Trinajstić information content (AvgIpc) is 2.42. The third-order valence-electron chi connectivity index (χ3n) is 3.97. The summed E-state index contributed by atoms with van der Waals surface area (Å²) in [6.07, 6.45) is 6.82. The first-order valence-electron chi connectivity index (χ1n) is 6.77. The zero-order valence-corrected chi connectivity index (χ0v) is 12.8. The first-order valence-corrected chi connectivity index (χ1v) is 7.56. The van der Waals surface area contributed by atoms with E-state index in [0.717, 1.165) is 16.1 Å². The average molecular weight is 312 g/mol. The van der Waals surface area contributed by atoms with Crippen molar-refractivity contribution in [2.75, 3.05) is 14.2 Å². The second-order valence-corrected chi connectivity index (χ2v) is 5.91. The molecular weight excluding hydrogens is 290 g/mol. The molecule has 1 aliphatic carbocycles. The number of rotatable bonds is 4. The molecule has 1 saturated carbocycles. The molecule has 1 aromatic carbocycles. The van der Waals surface area contributed by atoms with Crippen LogP contribution in [0, 0.1) is 5.92 Å². The maximum absolute atomic E-state index is 5.26. The second-order valence-electron chi connectivity index (χ2n) is 5.05. The number of ether oxygens (including phenoxy) is 1. The van der Waals surface area contributed by atoms with Crippen LogP contribution in [0.1, 0.15) is 43.7 Å². The van der Waals surface area contributed by atoms with Crippen LogP contribution in [-0.4, -0.2) is 14.2 Å². The van der Waals surface area contributed by atoms with Crippen molar-refractivity contribution in [1.29, 1.82) is 0 Å². The Bertz CT molecular complexity index is 388. The van der Waals surface area contributed by atoms with Crippen molar-refractivity contribution in [2.24, 2.45) is 5.92 Å². The highest BCUT2D eigenvalue weighted by Gasteiger charge is 2.25. The minimum absolute atomic E-state index is 0.450. The van der Waals surface area contributed by atoms with Crippen LogP contribution in [-0.2, 0) is 0 Å². The third-order valence-corrected chi connectivity index (χ3v) is 4.66. The number of nitrogens with one attached hydrogen (secondary N) is 1. The summed E-state index contributed by atoms with van der Waals surface area (Å²) in [5.41, 5.74) is 1.35. The Kier molecular flexibility index (Phi) is 5.07. The molecule has 0 bridgehead atoms. The van der Waals surface area contributed by atoms with Gasteiger partial charge >= 0.3 is 0 Å². The standard InChI is InChI=1S/C15H22BrNO/c1-17-15(11-6-4-3-5-7-11)13-9-8-12(18-2)10-14(13)16/h8-11,15,17H,3-7H2,1-2H3. The van der Waals surface area contributed by atoms with Crippen molar-refractivity contribution in [3.63, 3.8) is 0 Å². The molecule has 1 aliphatic rings. The number of halogens is 1. The van der Waals surface area contributed by atoms with Crippen molar-refractivity contribution in [3.05, 3.63) is 28.2 Å². The molecule has 0 aromatic heterocycles. The van der Waals surface area contributed by atoms with Gasteiger partial charge in [-0.05, 0) is 43.5 Å². The van der Waals surface area contributed by atoms with E-state index >= 15 is 0 Å². The zero-order valence-electron chi connectivity index (χ0n) is 11.2. The number of methoxy groups -OCH3 is 1. The fourth-order valence-electron chi connectivity index (χ4n) is 3.00. The molecule has 0 spiro atoms. The van der Waals surface area contributed by atoms with Crippen LogP contribution in [0.15, 0.2) is 22.7 Å². The van der Waals surface area contributed by atoms with E-state index in [0.29, 0.717) is 6.04 Å². The summed E-state index contributed by atoms with van der Waals surface area (Å²) >= 11 is 3.68. The molecule has 0 aliphatic heterocycles. The predicted octanol–water partition coefficient (Wildman–Crippen LogP) is 4.30. The van der Waals surface area contributed by atoms with Crippen molar-refractivity contribution >= 4 is 15.9 Å². The number of benzene rings is 1. The Morgan fingerprint density at radius 2 is 2.00 bits per heavy atom. The van der Waals surface area contributed by atoms with E-state index in [1.54, 1.807) is 7.11 Å². The van der Waals surface area contributed by atoms with Gasteiger partial charge in [-0.1, -0.05) is 41.3 Å². The van der Waals surface area contributed by atoms with Crippen molar-refractivity contribution < 1.29 is 4.74 Å². The van der Waals surface area contributed by atoms with E-state index in [2.05, 4.69) is 40.4 Å². The summed E-state index contributed by atoms with van der Waals surface area (Å²) in [6, 6.07) is 6.74. The lowest BCUT2D eigenvalue weighted by molar-refractivity contribution is 0.281. The summed E-state index contributed by atoms with van der Waals surface area (Å²) in [4.78, 5) is 0. The summed E-state index contributed by atoms with van der Waals surface area (Å²) < 4.78 is 6.40.